The highest BCUT2D eigenvalue weighted by molar-refractivity contribution is 5.35. The first-order valence-corrected chi connectivity index (χ1v) is 7.23. The predicted molar refractivity (Wildman–Crippen MR) is 77.4 cm³/mol. The average molecular weight is 263 g/mol. The molecule has 0 saturated carbocycles. The number of nitrogens with one attached hydrogen (secondary N) is 1. The number of ether oxygens (including phenoxy) is 1. The Hall–Kier alpha value is -0.900. The first-order chi connectivity index (χ1) is 9.20. The summed E-state index contributed by atoms with van der Waals surface area (Å²) >= 11 is 0. The van der Waals surface area contributed by atoms with Crippen LogP contribution in [0.4, 0.5) is 0 Å². The highest BCUT2D eigenvalue weighted by atomic mass is 16.5. The van der Waals surface area contributed by atoms with Crippen LogP contribution in [-0.4, -0.2) is 31.5 Å². The predicted octanol–water partition coefficient (Wildman–Crippen LogP) is 2.22. The van der Waals surface area contributed by atoms with Crippen LogP contribution in [0.5, 0.6) is 0 Å². The zero-order valence-corrected chi connectivity index (χ0v) is 12.0. The van der Waals surface area contributed by atoms with Gasteiger partial charge in [-0.3, -0.25) is 0 Å². The second kappa shape index (κ2) is 7.04. The van der Waals surface area contributed by atoms with Crippen molar-refractivity contribution in [1.82, 2.24) is 5.32 Å². The summed E-state index contributed by atoms with van der Waals surface area (Å²) in [5, 5.41) is 13.0. The molecule has 1 aliphatic carbocycles. The van der Waals surface area contributed by atoms with Crippen LogP contribution < -0.4 is 5.32 Å². The number of aliphatic hydroxyl groups excluding tert-OH is 1. The van der Waals surface area contributed by atoms with Crippen molar-refractivity contribution in [3.8, 4) is 0 Å². The molecule has 2 unspecified atom stereocenters. The molecule has 1 aliphatic rings. The maximum atomic E-state index is 9.65. The molecule has 2 N–H and O–H groups in total. The number of aliphatic hydroxyl groups is 1. The van der Waals surface area contributed by atoms with E-state index in [0.717, 1.165) is 0 Å². The Bertz CT molecular complexity index is 406. The van der Waals surface area contributed by atoms with Crippen molar-refractivity contribution in [2.75, 3.05) is 20.3 Å². The van der Waals surface area contributed by atoms with E-state index >= 15 is 0 Å². The SMILES string of the molecule is COCC(O)CNC(C)c1ccc2c(c1)CCCC2. The summed E-state index contributed by atoms with van der Waals surface area (Å²) in [6, 6.07) is 7.08. The van der Waals surface area contributed by atoms with E-state index in [0.29, 0.717) is 13.2 Å². The van der Waals surface area contributed by atoms with Gasteiger partial charge in [-0.25, -0.2) is 0 Å². The summed E-state index contributed by atoms with van der Waals surface area (Å²) in [6.07, 6.45) is 4.63. The van der Waals surface area contributed by atoms with Gasteiger partial charge in [-0.15, -0.1) is 0 Å². The van der Waals surface area contributed by atoms with Crippen LogP contribution in [0.1, 0.15) is 42.5 Å². The van der Waals surface area contributed by atoms with E-state index < -0.39 is 6.10 Å². The third-order valence-corrected chi connectivity index (χ3v) is 3.89. The Morgan fingerprint density at radius 1 is 1.26 bits per heavy atom. The number of benzene rings is 1. The van der Waals surface area contributed by atoms with Gasteiger partial charge in [-0.2, -0.15) is 0 Å². The molecule has 2 rings (SSSR count). The molecule has 0 fully saturated rings. The molecule has 0 radical (unpaired) electrons. The fourth-order valence-corrected chi connectivity index (χ4v) is 2.70. The number of rotatable bonds is 6. The van der Waals surface area contributed by atoms with Crippen LogP contribution in [0.2, 0.25) is 0 Å². The zero-order valence-electron chi connectivity index (χ0n) is 12.0. The molecule has 3 heteroatoms. The first kappa shape index (κ1) is 14.5. The fraction of sp³-hybridized carbons (Fsp3) is 0.625. The van der Waals surface area contributed by atoms with Crippen LogP contribution in [0.15, 0.2) is 18.2 Å². The largest absolute Gasteiger partial charge is 0.389 e. The van der Waals surface area contributed by atoms with Gasteiger partial charge in [0.2, 0.25) is 0 Å². The van der Waals surface area contributed by atoms with Crippen LogP contribution in [0.3, 0.4) is 0 Å². The van der Waals surface area contributed by atoms with Gasteiger partial charge in [0.1, 0.15) is 0 Å². The van der Waals surface area contributed by atoms with Crippen molar-refractivity contribution in [2.24, 2.45) is 0 Å². The molecule has 2 atom stereocenters. The second-order valence-electron chi connectivity index (χ2n) is 5.47. The van der Waals surface area contributed by atoms with Gasteiger partial charge in [0.25, 0.3) is 0 Å². The van der Waals surface area contributed by atoms with E-state index in [1.807, 2.05) is 0 Å². The van der Waals surface area contributed by atoms with E-state index in [1.54, 1.807) is 7.11 Å². The number of fused-ring (bicyclic) bond motifs is 1. The number of hydrogen-bond acceptors (Lipinski definition) is 3. The number of aryl methyl sites for hydroxylation is 2. The molecule has 0 saturated heterocycles. The summed E-state index contributed by atoms with van der Waals surface area (Å²) in [6.45, 7) is 3.08. The van der Waals surface area contributed by atoms with Crippen molar-refractivity contribution < 1.29 is 9.84 Å². The minimum absolute atomic E-state index is 0.263. The van der Waals surface area contributed by atoms with Gasteiger partial charge in [-0.1, -0.05) is 18.2 Å². The molecule has 19 heavy (non-hydrogen) atoms. The quantitative estimate of drug-likeness (QED) is 0.827. The molecular weight excluding hydrogens is 238 g/mol. The van der Waals surface area contributed by atoms with E-state index in [1.165, 1.54) is 42.4 Å². The lowest BCUT2D eigenvalue weighted by Gasteiger charge is -2.21. The molecule has 106 valence electrons. The molecule has 0 amide bonds. The van der Waals surface area contributed by atoms with E-state index in [2.05, 4.69) is 30.4 Å². The van der Waals surface area contributed by atoms with E-state index in [4.69, 9.17) is 4.74 Å². The molecule has 0 heterocycles. The van der Waals surface area contributed by atoms with Gasteiger partial charge in [0.05, 0.1) is 12.7 Å². The Kier molecular flexibility index (Phi) is 5.37. The monoisotopic (exact) mass is 263 g/mol. The van der Waals surface area contributed by atoms with Gasteiger partial charge >= 0.3 is 0 Å². The first-order valence-electron chi connectivity index (χ1n) is 7.23. The Balaban J connectivity index is 1.93. The molecule has 1 aromatic rings. The molecule has 0 bridgehead atoms. The second-order valence-corrected chi connectivity index (χ2v) is 5.47. The molecule has 0 aliphatic heterocycles. The van der Waals surface area contributed by atoms with Gasteiger partial charge in [-0.05, 0) is 49.3 Å². The fourth-order valence-electron chi connectivity index (χ4n) is 2.70. The van der Waals surface area contributed by atoms with Crippen molar-refractivity contribution in [3.05, 3.63) is 34.9 Å². The maximum absolute atomic E-state index is 9.65. The normalized spacial score (nSPS) is 17.8. The standard InChI is InChI=1S/C16H25NO2/c1-12(17-10-16(18)11-19-2)14-8-7-13-5-3-4-6-15(13)9-14/h7-9,12,16-18H,3-6,10-11H2,1-2H3. The Morgan fingerprint density at radius 2 is 2.00 bits per heavy atom. The third-order valence-electron chi connectivity index (χ3n) is 3.89. The molecule has 0 aromatic heterocycles. The lowest BCUT2D eigenvalue weighted by Crippen LogP contribution is -2.31. The third kappa shape index (κ3) is 4.03. The molecule has 1 aromatic carbocycles. The number of methoxy groups -OCH3 is 1. The summed E-state index contributed by atoms with van der Waals surface area (Å²) in [7, 11) is 1.61. The maximum Gasteiger partial charge on any atom is 0.0897 e. The van der Waals surface area contributed by atoms with Crippen LogP contribution in [0.25, 0.3) is 0 Å². The Morgan fingerprint density at radius 3 is 2.74 bits per heavy atom. The molecular formula is C16H25NO2. The summed E-state index contributed by atoms with van der Waals surface area (Å²) in [4.78, 5) is 0. The van der Waals surface area contributed by atoms with Crippen LogP contribution >= 0.6 is 0 Å². The van der Waals surface area contributed by atoms with Crippen LogP contribution in [0, 0.1) is 0 Å². The zero-order chi connectivity index (χ0) is 13.7. The molecule has 0 spiro atoms. The average Bonchev–Trinajstić information content (AvgIpc) is 2.44. The minimum Gasteiger partial charge on any atom is -0.389 e. The highest BCUT2D eigenvalue weighted by Gasteiger charge is 2.13. The topological polar surface area (TPSA) is 41.5 Å². The van der Waals surface area contributed by atoms with Gasteiger partial charge in [0, 0.05) is 19.7 Å². The smallest absolute Gasteiger partial charge is 0.0897 e. The van der Waals surface area contributed by atoms with Gasteiger partial charge < -0.3 is 15.2 Å². The summed E-state index contributed by atoms with van der Waals surface area (Å²) < 4.78 is 4.93. The van der Waals surface area contributed by atoms with E-state index in [9.17, 15) is 5.11 Å². The highest BCUT2D eigenvalue weighted by Crippen LogP contribution is 2.24. The van der Waals surface area contributed by atoms with Gasteiger partial charge in [0.15, 0.2) is 0 Å². The molecule has 3 nitrogen and oxygen atoms in total. The van der Waals surface area contributed by atoms with Crippen LogP contribution in [-0.2, 0) is 17.6 Å². The van der Waals surface area contributed by atoms with Crippen molar-refractivity contribution >= 4 is 0 Å². The lowest BCUT2D eigenvalue weighted by molar-refractivity contribution is 0.0630. The lowest BCUT2D eigenvalue weighted by atomic mass is 9.89. The Labute approximate surface area is 116 Å². The summed E-state index contributed by atoms with van der Waals surface area (Å²) in [5.74, 6) is 0. The van der Waals surface area contributed by atoms with Crippen molar-refractivity contribution in [3.63, 3.8) is 0 Å². The number of hydrogen-bond donors (Lipinski definition) is 2. The van der Waals surface area contributed by atoms with Crippen molar-refractivity contribution in [1.29, 1.82) is 0 Å². The van der Waals surface area contributed by atoms with Crippen molar-refractivity contribution in [2.45, 2.75) is 44.8 Å². The minimum atomic E-state index is -0.440. The summed E-state index contributed by atoms with van der Waals surface area (Å²) in [5.41, 5.74) is 4.33. The van der Waals surface area contributed by atoms with E-state index in [-0.39, 0.29) is 6.04 Å².